The van der Waals surface area contributed by atoms with Crippen molar-refractivity contribution in [3.05, 3.63) is 59.9 Å². The Morgan fingerprint density at radius 3 is 2.59 bits per heavy atom. The van der Waals surface area contributed by atoms with Crippen LogP contribution < -0.4 is 9.64 Å². The van der Waals surface area contributed by atoms with Crippen molar-refractivity contribution in [2.45, 2.75) is 13.0 Å². The van der Waals surface area contributed by atoms with Crippen molar-refractivity contribution < 1.29 is 19.0 Å². The van der Waals surface area contributed by atoms with Crippen molar-refractivity contribution in [1.82, 2.24) is 0 Å². The van der Waals surface area contributed by atoms with Crippen LogP contribution in [-0.4, -0.2) is 24.7 Å². The van der Waals surface area contributed by atoms with Crippen LogP contribution in [0.15, 0.2) is 48.5 Å². The number of rotatable bonds is 7. The molecule has 0 radical (unpaired) electrons. The number of carboxylic acids is 1. The minimum atomic E-state index is -0.855. The zero-order valence-corrected chi connectivity index (χ0v) is 12.3. The second kappa shape index (κ2) is 7.45. The number of carboxylic acid groups (broad SMARTS) is 1. The summed E-state index contributed by atoms with van der Waals surface area (Å²) in [6.45, 7) is 0.862. The number of benzene rings is 2. The molecule has 1 N–H and O–H groups in total. The molecule has 0 aliphatic carbocycles. The summed E-state index contributed by atoms with van der Waals surface area (Å²) < 4.78 is 18.2. The lowest BCUT2D eigenvalue weighted by Crippen LogP contribution is -2.25. The molecule has 2 aromatic rings. The van der Waals surface area contributed by atoms with Gasteiger partial charge in [0.1, 0.15) is 11.6 Å². The Balaban J connectivity index is 2.20. The highest BCUT2D eigenvalue weighted by Gasteiger charge is 2.10. The zero-order chi connectivity index (χ0) is 15.9. The van der Waals surface area contributed by atoms with Crippen LogP contribution in [0.25, 0.3) is 0 Å². The van der Waals surface area contributed by atoms with E-state index in [9.17, 15) is 9.18 Å². The number of nitrogens with zero attached hydrogens (tertiary/aromatic N) is 1. The van der Waals surface area contributed by atoms with Crippen molar-refractivity contribution in [2.24, 2.45) is 0 Å². The lowest BCUT2D eigenvalue weighted by atomic mass is 10.1. The number of ether oxygens (including phenoxy) is 1. The smallest absolute Gasteiger partial charge is 0.305 e. The minimum Gasteiger partial charge on any atom is -0.497 e. The van der Waals surface area contributed by atoms with Gasteiger partial charge in [-0.1, -0.05) is 18.2 Å². The molecule has 4 nitrogen and oxygen atoms in total. The van der Waals surface area contributed by atoms with Crippen molar-refractivity contribution >= 4 is 11.7 Å². The number of aliphatic carboxylic acids is 1. The summed E-state index contributed by atoms with van der Waals surface area (Å²) in [4.78, 5) is 12.8. The van der Waals surface area contributed by atoms with Gasteiger partial charge in [0.2, 0.25) is 0 Å². The maximum atomic E-state index is 13.0. The molecule has 0 bridgehead atoms. The number of carbonyl (C=O) groups is 1. The fraction of sp³-hybridized carbons (Fsp3) is 0.235. The van der Waals surface area contributed by atoms with Crippen LogP contribution in [-0.2, 0) is 11.3 Å². The molecule has 116 valence electrons. The monoisotopic (exact) mass is 303 g/mol. The Morgan fingerprint density at radius 2 is 1.95 bits per heavy atom. The molecule has 0 atom stereocenters. The highest BCUT2D eigenvalue weighted by atomic mass is 19.1. The van der Waals surface area contributed by atoms with Crippen molar-refractivity contribution in [1.29, 1.82) is 0 Å². The van der Waals surface area contributed by atoms with Gasteiger partial charge in [0, 0.05) is 24.8 Å². The predicted octanol–water partition coefficient (Wildman–Crippen LogP) is 3.32. The van der Waals surface area contributed by atoms with E-state index in [1.807, 2.05) is 29.2 Å². The van der Waals surface area contributed by atoms with E-state index in [2.05, 4.69) is 0 Å². The van der Waals surface area contributed by atoms with Gasteiger partial charge < -0.3 is 14.7 Å². The summed E-state index contributed by atoms with van der Waals surface area (Å²) in [5.41, 5.74) is 1.78. The Labute approximate surface area is 128 Å². The van der Waals surface area contributed by atoms with E-state index in [1.54, 1.807) is 19.2 Å². The molecule has 0 amide bonds. The predicted molar refractivity (Wildman–Crippen MR) is 82.7 cm³/mol. The summed E-state index contributed by atoms with van der Waals surface area (Å²) in [5.74, 6) is -0.439. The van der Waals surface area contributed by atoms with Gasteiger partial charge in [0.25, 0.3) is 0 Å². The molecule has 0 aliphatic heterocycles. The molecule has 22 heavy (non-hydrogen) atoms. The first-order chi connectivity index (χ1) is 10.6. The normalized spacial score (nSPS) is 10.3. The third-order valence-corrected chi connectivity index (χ3v) is 3.30. The molecule has 0 aromatic heterocycles. The zero-order valence-electron chi connectivity index (χ0n) is 12.3. The van der Waals surface area contributed by atoms with Crippen LogP contribution in [0.1, 0.15) is 12.0 Å². The standard InChI is InChI=1S/C17H18FNO3/c1-22-16-4-2-3-15(11-16)19(10-9-17(20)21)12-13-5-7-14(18)8-6-13/h2-8,11H,9-10,12H2,1H3,(H,20,21). The average molecular weight is 303 g/mol. The lowest BCUT2D eigenvalue weighted by Gasteiger charge is -2.24. The van der Waals surface area contributed by atoms with Gasteiger partial charge >= 0.3 is 5.97 Å². The highest BCUT2D eigenvalue weighted by Crippen LogP contribution is 2.23. The van der Waals surface area contributed by atoms with Crippen molar-refractivity contribution in [3.63, 3.8) is 0 Å². The van der Waals surface area contributed by atoms with Gasteiger partial charge in [-0.15, -0.1) is 0 Å². The van der Waals surface area contributed by atoms with E-state index >= 15 is 0 Å². The third kappa shape index (κ3) is 4.48. The van der Waals surface area contributed by atoms with Gasteiger partial charge in [-0.3, -0.25) is 4.79 Å². The molecule has 0 saturated carbocycles. The first kappa shape index (κ1) is 15.8. The summed E-state index contributed by atoms with van der Waals surface area (Å²) in [7, 11) is 1.58. The average Bonchev–Trinajstić information content (AvgIpc) is 2.53. The van der Waals surface area contributed by atoms with Crippen molar-refractivity contribution in [2.75, 3.05) is 18.6 Å². The fourth-order valence-corrected chi connectivity index (χ4v) is 2.15. The van der Waals surface area contributed by atoms with Crippen LogP contribution in [0.4, 0.5) is 10.1 Å². The summed E-state index contributed by atoms with van der Waals surface area (Å²) in [5, 5.41) is 8.91. The Kier molecular flexibility index (Phi) is 5.36. The molecule has 5 heteroatoms. The molecule has 2 rings (SSSR count). The molecule has 0 saturated heterocycles. The molecule has 0 aliphatic rings. The van der Waals surface area contributed by atoms with E-state index in [0.29, 0.717) is 18.8 Å². The molecular weight excluding hydrogens is 285 g/mol. The summed E-state index contributed by atoms with van der Waals surface area (Å²) in [6, 6.07) is 13.6. The van der Waals surface area contributed by atoms with E-state index in [1.165, 1.54) is 12.1 Å². The van der Waals surface area contributed by atoms with Gasteiger partial charge in [-0.05, 0) is 29.8 Å². The lowest BCUT2D eigenvalue weighted by molar-refractivity contribution is -0.136. The topological polar surface area (TPSA) is 49.8 Å². The second-order valence-corrected chi connectivity index (χ2v) is 4.89. The Bertz CT molecular complexity index is 628. The number of halogens is 1. The molecule has 0 fully saturated rings. The van der Waals surface area contributed by atoms with Crippen LogP contribution >= 0.6 is 0 Å². The Morgan fingerprint density at radius 1 is 1.23 bits per heavy atom. The number of hydrogen-bond donors (Lipinski definition) is 1. The van der Waals surface area contributed by atoms with Crippen LogP contribution in [0, 0.1) is 5.82 Å². The van der Waals surface area contributed by atoms with E-state index < -0.39 is 5.97 Å². The number of methoxy groups -OCH3 is 1. The van der Waals surface area contributed by atoms with Gasteiger partial charge in [0.05, 0.1) is 13.5 Å². The van der Waals surface area contributed by atoms with Crippen LogP contribution in [0.3, 0.4) is 0 Å². The molecule has 2 aromatic carbocycles. The van der Waals surface area contributed by atoms with Crippen LogP contribution in [0.5, 0.6) is 5.75 Å². The largest absolute Gasteiger partial charge is 0.497 e. The van der Waals surface area contributed by atoms with E-state index in [4.69, 9.17) is 9.84 Å². The molecule has 0 unspecified atom stereocenters. The van der Waals surface area contributed by atoms with Gasteiger partial charge in [0.15, 0.2) is 0 Å². The third-order valence-electron chi connectivity index (χ3n) is 3.30. The maximum absolute atomic E-state index is 13.0. The van der Waals surface area contributed by atoms with Crippen molar-refractivity contribution in [3.8, 4) is 5.75 Å². The SMILES string of the molecule is COc1cccc(N(CCC(=O)O)Cc2ccc(F)cc2)c1. The minimum absolute atomic E-state index is 0.0262. The molecule has 0 spiro atoms. The summed E-state index contributed by atoms with van der Waals surface area (Å²) in [6.07, 6.45) is 0.0262. The van der Waals surface area contributed by atoms with Gasteiger partial charge in [-0.2, -0.15) is 0 Å². The quantitative estimate of drug-likeness (QED) is 0.852. The van der Waals surface area contributed by atoms with Crippen LogP contribution in [0.2, 0.25) is 0 Å². The number of hydrogen-bond acceptors (Lipinski definition) is 3. The first-order valence-electron chi connectivity index (χ1n) is 6.93. The van der Waals surface area contributed by atoms with Gasteiger partial charge in [-0.25, -0.2) is 4.39 Å². The molecule has 0 heterocycles. The summed E-state index contributed by atoms with van der Waals surface area (Å²) >= 11 is 0. The van der Waals surface area contributed by atoms with E-state index in [-0.39, 0.29) is 12.2 Å². The fourth-order valence-electron chi connectivity index (χ4n) is 2.15. The maximum Gasteiger partial charge on any atom is 0.305 e. The molecular formula is C17H18FNO3. The Hall–Kier alpha value is -2.56. The van der Waals surface area contributed by atoms with E-state index in [0.717, 1.165) is 11.3 Å². The number of anilines is 1. The first-order valence-corrected chi connectivity index (χ1v) is 6.93. The second-order valence-electron chi connectivity index (χ2n) is 4.89. The highest BCUT2D eigenvalue weighted by molar-refractivity contribution is 5.67.